The van der Waals surface area contributed by atoms with Crippen molar-refractivity contribution in [3.05, 3.63) is 42.4 Å². The fourth-order valence-electron chi connectivity index (χ4n) is 1.88. The molecule has 3 aromatic heterocycles. The van der Waals surface area contributed by atoms with Crippen LogP contribution in [0.4, 0.5) is 5.69 Å². The van der Waals surface area contributed by atoms with Gasteiger partial charge in [0.05, 0.1) is 22.8 Å². The number of hydrogen-bond donors (Lipinski definition) is 2. The Morgan fingerprint density at radius 1 is 1.30 bits per heavy atom. The van der Waals surface area contributed by atoms with Gasteiger partial charge in [-0.2, -0.15) is 5.10 Å². The van der Waals surface area contributed by atoms with Gasteiger partial charge in [0, 0.05) is 12.4 Å². The Morgan fingerprint density at radius 3 is 3.05 bits per heavy atom. The first kappa shape index (κ1) is 12.6. The van der Waals surface area contributed by atoms with Crippen molar-refractivity contribution in [2.75, 3.05) is 11.6 Å². The summed E-state index contributed by atoms with van der Waals surface area (Å²) in [6.07, 6.45) is 6.81. The lowest BCUT2D eigenvalue weighted by molar-refractivity contribution is 0.102. The number of carbonyl (C=O) groups excluding carboxylic acids is 1. The van der Waals surface area contributed by atoms with Crippen LogP contribution in [0.1, 0.15) is 10.4 Å². The molecule has 0 spiro atoms. The maximum absolute atomic E-state index is 12.3. The van der Waals surface area contributed by atoms with Crippen LogP contribution in [0.5, 0.6) is 0 Å². The van der Waals surface area contributed by atoms with Gasteiger partial charge in [-0.3, -0.25) is 9.89 Å². The number of H-pyrrole nitrogens is 1. The normalized spacial score (nSPS) is 10.7. The second kappa shape index (κ2) is 5.30. The lowest BCUT2D eigenvalue weighted by Crippen LogP contribution is -2.13. The highest BCUT2D eigenvalue weighted by Crippen LogP contribution is 2.22. The first-order chi connectivity index (χ1) is 9.79. The van der Waals surface area contributed by atoms with E-state index in [2.05, 4.69) is 25.5 Å². The van der Waals surface area contributed by atoms with Crippen LogP contribution in [0, 0.1) is 0 Å². The molecule has 0 saturated carbocycles. The smallest absolute Gasteiger partial charge is 0.258 e. The van der Waals surface area contributed by atoms with Gasteiger partial charge in [0.1, 0.15) is 5.03 Å². The van der Waals surface area contributed by atoms with Crippen molar-refractivity contribution in [1.82, 2.24) is 20.2 Å². The average Bonchev–Trinajstić information content (AvgIpc) is 2.96. The fraction of sp³-hybridized carbons (Fsp3) is 0.0769. The maximum atomic E-state index is 12.3. The zero-order valence-electron chi connectivity index (χ0n) is 10.6. The first-order valence-corrected chi connectivity index (χ1v) is 7.10. The molecular formula is C13H11N5OS. The number of nitrogens with zero attached hydrogens (tertiary/aromatic N) is 3. The van der Waals surface area contributed by atoms with E-state index in [9.17, 15) is 4.79 Å². The maximum Gasteiger partial charge on any atom is 0.258 e. The van der Waals surface area contributed by atoms with E-state index in [1.54, 1.807) is 36.8 Å². The van der Waals surface area contributed by atoms with E-state index >= 15 is 0 Å². The minimum absolute atomic E-state index is 0.198. The summed E-state index contributed by atoms with van der Waals surface area (Å²) in [4.78, 5) is 20.7. The molecule has 0 aliphatic carbocycles. The highest BCUT2D eigenvalue weighted by molar-refractivity contribution is 7.98. The topological polar surface area (TPSA) is 83.6 Å². The molecule has 7 heteroatoms. The van der Waals surface area contributed by atoms with E-state index in [-0.39, 0.29) is 5.91 Å². The van der Waals surface area contributed by atoms with Gasteiger partial charge < -0.3 is 5.32 Å². The molecule has 0 unspecified atom stereocenters. The van der Waals surface area contributed by atoms with Gasteiger partial charge in [0.25, 0.3) is 5.91 Å². The Kier molecular flexibility index (Phi) is 3.34. The molecule has 100 valence electrons. The fourth-order valence-corrected chi connectivity index (χ4v) is 2.42. The number of rotatable bonds is 3. The molecule has 2 N–H and O–H groups in total. The Labute approximate surface area is 119 Å². The summed E-state index contributed by atoms with van der Waals surface area (Å²) in [5.41, 5.74) is 1.86. The van der Waals surface area contributed by atoms with Crippen molar-refractivity contribution >= 4 is 34.4 Å². The van der Waals surface area contributed by atoms with Crippen LogP contribution in [0.2, 0.25) is 0 Å². The zero-order chi connectivity index (χ0) is 13.9. The van der Waals surface area contributed by atoms with Crippen LogP contribution < -0.4 is 5.32 Å². The van der Waals surface area contributed by atoms with Crippen LogP contribution in [-0.4, -0.2) is 32.3 Å². The Hall–Kier alpha value is -2.41. The highest BCUT2D eigenvalue weighted by Gasteiger charge is 2.13. The Morgan fingerprint density at radius 2 is 2.20 bits per heavy atom. The number of anilines is 1. The Bertz CT molecular complexity index is 770. The summed E-state index contributed by atoms with van der Waals surface area (Å²) in [5, 5.41) is 11.0. The third kappa shape index (κ3) is 2.23. The molecular weight excluding hydrogens is 274 g/mol. The number of aromatic nitrogens is 4. The van der Waals surface area contributed by atoms with Gasteiger partial charge >= 0.3 is 0 Å². The summed E-state index contributed by atoms with van der Waals surface area (Å²) in [6.45, 7) is 0. The summed E-state index contributed by atoms with van der Waals surface area (Å²) in [6, 6.07) is 5.24. The number of pyridine rings is 2. The first-order valence-electron chi connectivity index (χ1n) is 5.88. The van der Waals surface area contributed by atoms with Gasteiger partial charge in [-0.05, 0) is 24.5 Å². The van der Waals surface area contributed by atoms with Gasteiger partial charge in [0.2, 0.25) is 0 Å². The van der Waals surface area contributed by atoms with E-state index in [0.717, 1.165) is 5.39 Å². The third-order valence-corrected chi connectivity index (χ3v) is 3.52. The van der Waals surface area contributed by atoms with Crippen LogP contribution >= 0.6 is 11.8 Å². The highest BCUT2D eigenvalue weighted by atomic mass is 32.2. The number of hydrogen-bond acceptors (Lipinski definition) is 5. The van der Waals surface area contributed by atoms with Crippen LogP contribution in [0.3, 0.4) is 0 Å². The van der Waals surface area contributed by atoms with Crippen LogP contribution in [-0.2, 0) is 0 Å². The largest absolute Gasteiger partial charge is 0.321 e. The molecule has 0 atom stereocenters. The molecule has 0 aliphatic rings. The van der Waals surface area contributed by atoms with Crippen molar-refractivity contribution in [3.8, 4) is 0 Å². The monoisotopic (exact) mass is 285 g/mol. The minimum Gasteiger partial charge on any atom is -0.321 e. The zero-order valence-corrected chi connectivity index (χ0v) is 11.4. The molecule has 1 amide bonds. The summed E-state index contributed by atoms with van der Waals surface area (Å²) in [5.74, 6) is -0.198. The third-order valence-electron chi connectivity index (χ3n) is 2.81. The lowest BCUT2D eigenvalue weighted by Gasteiger charge is -2.08. The van der Waals surface area contributed by atoms with E-state index in [1.807, 2.05) is 6.26 Å². The standard InChI is InChI=1S/C13H11N5OS/c1-20-13-8(3-2-5-15-13)12(19)17-10-4-6-14-11-9(10)7-16-18-11/h2-7H,1H3,(H2,14,16,17,18,19). The van der Waals surface area contributed by atoms with Gasteiger partial charge in [-0.1, -0.05) is 0 Å². The molecule has 3 heterocycles. The van der Waals surface area contributed by atoms with E-state index in [0.29, 0.717) is 21.9 Å². The van der Waals surface area contributed by atoms with Gasteiger partial charge in [-0.15, -0.1) is 11.8 Å². The number of thioether (sulfide) groups is 1. The van der Waals surface area contributed by atoms with Crippen molar-refractivity contribution in [2.24, 2.45) is 0 Å². The quantitative estimate of drug-likeness (QED) is 0.722. The summed E-state index contributed by atoms with van der Waals surface area (Å²) < 4.78 is 0. The molecule has 0 radical (unpaired) electrons. The van der Waals surface area contributed by atoms with Gasteiger partial charge in [-0.25, -0.2) is 9.97 Å². The summed E-state index contributed by atoms with van der Waals surface area (Å²) >= 11 is 1.44. The van der Waals surface area contributed by atoms with Crippen molar-refractivity contribution in [3.63, 3.8) is 0 Å². The number of nitrogens with one attached hydrogen (secondary N) is 2. The molecule has 3 rings (SSSR count). The lowest BCUT2D eigenvalue weighted by atomic mass is 10.2. The predicted molar refractivity (Wildman–Crippen MR) is 77.9 cm³/mol. The van der Waals surface area contributed by atoms with Crippen molar-refractivity contribution in [2.45, 2.75) is 5.03 Å². The van der Waals surface area contributed by atoms with Crippen molar-refractivity contribution < 1.29 is 4.79 Å². The molecule has 0 saturated heterocycles. The number of carbonyl (C=O) groups is 1. The SMILES string of the molecule is CSc1ncccc1C(=O)Nc1ccnc2[nH]ncc12. The second-order valence-corrected chi connectivity index (χ2v) is 4.80. The molecule has 0 fully saturated rings. The second-order valence-electron chi connectivity index (χ2n) is 4.01. The minimum atomic E-state index is -0.198. The molecule has 0 aromatic carbocycles. The molecule has 6 nitrogen and oxygen atoms in total. The van der Waals surface area contributed by atoms with Crippen LogP contribution in [0.15, 0.2) is 41.8 Å². The molecule has 3 aromatic rings. The predicted octanol–water partition coefficient (Wildman–Crippen LogP) is 2.33. The van der Waals surface area contributed by atoms with E-state index in [4.69, 9.17) is 0 Å². The molecule has 0 aliphatic heterocycles. The Balaban J connectivity index is 1.95. The summed E-state index contributed by atoms with van der Waals surface area (Å²) in [7, 11) is 0. The van der Waals surface area contributed by atoms with E-state index in [1.165, 1.54) is 11.8 Å². The van der Waals surface area contributed by atoms with Crippen molar-refractivity contribution in [1.29, 1.82) is 0 Å². The number of amides is 1. The van der Waals surface area contributed by atoms with E-state index < -0.39 is 0 Å². The van der Waals surface area contributed by atoms with Crippen LogP contribution in [0.25, 0.3) is 11.0 Å². The average molecular weight is 285 g/mol. The molecule has 0 bridgehead atoms. The van der Waals surface area contributed by atoms with Gasteiger partial charge in [0.15, 0.2) is 5.65 Å². The number of aromatic amines is 1. The number of fused-ring (bicyclic) bond motifs is 1. The molecule has 20 heavy (non-hydrogen) atoms.